The van der Waals surface area contributed by atoms with Gasteiger partial charge in [-0.15, -0.1) is 0 Å². The summed E-state index contributed by atoms with van der Waals surface area (Å²) in [6.07, 6.45) is 1.42. The third-order valence-corrected chi connectivity index (χ3v) is 4.63. The van der Waals surface area contributed by atoms with E-state index in [1.807, 2.05) is 0 Å². The van der Waals surface area contributed by atoms with E-state index in [0.717, 1.165) is 31.0 Å². The van der Waals surface area contributed by atoms with E-state index in [1.54, 1.807) is 0 Å². The SMILES string of the molecule is O=C(Cl)c1ccc(F)c(S(=O)(=O)NCC2CCCO2)c1. The minimum atomic E-state index is -4.05. The average molecular weight is 322 g/mol. The molecule has 0 spiro atoms. The largest absolute Gasteiger partial charge is 0.377 e. The normalized spacial score (nSPS) is 19.2. The fourth-order valence-corrected chi connectivity index (χ4v) is 3.20. The third-order valence-electron chi connectivity index (χ3n) is 2.97. The monoisotopic (exact) mass is 321 g/mol. The zero-order valence-electron chi connectivity index (χ0n) is 10.4. The molecule has 0 aromatic heterocycles. The van der Waals surface area contributed by atoms with Gasteiger partial charge in [-0.3, -0.25) is 4.79 Å². The maximum atomic E-state index is 13.6. The Kier molecular flexibility index (Phi) is 4.74. The highest BCUT2D eigenvalue weighted by atomic mass is 35.5. The molecule has 1 atom stereocenters. The minimum absolute atomic E-state index is 0.0703. The molecule has 1 unspecified atom stereocenters. The van der Waals surface area contributed by atoms with Crippen molar-refractivity contribution in [2.45, 2.75) is 23.8 Å². The van der Waals surface area contributed by atoms with Crippen LogP contribution < -0.4 is 4.72 Å². The summed E-state index contributed by atoms with van der Waals surface area (Å²) in [6, 6.07) is 2.95. The Hall–Kier alpha value is -1.02. The smallest absolute Gasteiger partial charge is 0.252 e. The summed E-state index contributed by atoms with van der Waals surface area (Å²) in [6.45, 7) is 0.664. The number of ether oxygens (including phenoxy) is 1. The molecule has 0 radical (unpaired) electrons. The Morgan fingerprint density at radius 1 is 1.50 bits per heavy atom. The third kappa shape index (κ3) is 3.54. The standard InChI is InChI=1S/C12H13ClFNO4S/c13-12(16)8-3-4-10(14)11(6-8)20(17,18)15-7-9-2-1-5-19-9/h3-4,6,9,15H,1-2,5,7H2. The van der Waals surface area contributed by atoms with Crippen LogP contribution in [0.3, 0.4) is 0 Å². The van der Waals surface area contributed by atoms with Crippen molar-refractivity contribution in [3.8, 4) is 0 Å². The summed E-state index contributed by atoms with van der Waals surface area (Å²) in [5.41, 5.74) is -0.0782. The van der Waals surface area contributed by atoms with Gasteiger partial charge < -0.3 is 4.74 Å². The van der Waals surface area contributed by atoms with E-state index in [2.05, 4.69) is 4.72 Å². The number of nitrogens with one attached hydrogen (secondary N) is 1. The number of rotatable bonds is 5. The molecule has 8 heteroatoms. The van der Waals surface area contributed by atoms with Gasteiger partial charge in [0.2, 0.25) is 10.0 Å². The molecule has 0 bridgehead atoms. The second-order valence-electron chi connectivity index (χ2n) is 4.41. The molecule has 1 N–H and O–H groups in total. The van der Waals surface area contributed by atoms with Crippen LogP contribution in [0.5, 0.6) is 0 Å². The molecular weight excluding hydrogens is 309 g/mol. The first-order valence-electron chi connectivity index (χ1n) is 6.01. The van der Waals surface area contributed by atoms with Crippen LogP contribution in [-0.4, -0.2) is 32.9 Å². The molecule has 1 aromatic carbocycles. The molecule has 1 heterocycles. The van der Waals surface area contributed by atoms with Gasteiger partial charge in [0.1, 0.15) is 10.7 Å². The van der Waals surface area contributed by atoms with Crippen molar-refractivity contribution in [2.75, 3.05) is 13.2 Å². The van der Waals surface area contributed by atoms with Crippen LogP contribution in [0.2, 0.25) is 0 Å². The van der Waals surface area contributed by atoms with Crippen molar-refractivity contribution in [1.82, 2.24) is 4.72 Å². The van der Waals surface area contributed by atoms with Crippen LogP contribution in [0.1, 0.15) is 23.2 Å². The van der Waals surface area contributed by atoms with Gasteiger partial charge in [0.05, 0.1) is 6.10 Å². The fraction of sp³-hybridized carbons (Fsp3) is 0.417. The molecule has 0 aliphatic carbocycles. The van der Waals surface area contributed by atoms with E-state index in [0.29, 0.717) is 6.61 Å². The van der Waals surface area contributed by atoms with Gasteiger partial charge in [-0.1, -0.05) is 0 Å². The number of benzene rings is 1. The predicted octanol–water partition coefficient (Wildman–Crippen LogP) is 1.66. The van der Waals surface area contributed by atoms with E-state index in [9.17, 15) is 17.6 Å². The van der Waals surface area contributed by atoms with E-state index in [4.69, 9.17) is 16.3 Å². The summed E-state index contributed by atoms with van der Waals surface area (Å²) in [4.78, 5) is 10.4. The molecule has 20 heavy (non-hydrogen) atoms. The number of hydrogen-bond donors (Lipinski definition) is 1. The predicted molar refractivity (Wildman–Crippen MR) is 70.7 cm³/mol. The van der Waals surface area contributed by atoms with E-state index >= 15 is 0 Å². The lowest BCUT2D eigenvalue weighted by Crippen LogP contribution is -2.32. The zero-order valence-corrected chi connectivity index (χ0v) is 12.0. The summed E-state index contributed by atoms with van der Waals surface area (Å²) < 4.78 is 45.2. The molecule has 2 rings (SSSR count). The zero-order chi connectivity index (χ0) is 14.8. The molecule has 0 amide bonds. The summed E-state index contributed by atoms with van der Waals surface area (Å²) in [5, 5.41) is -0.847. The quantitative estimate of drug-likeness (QED) is 0.837. The molecule has 1 saturated heterocycles. The Balaban J connectivity index is 2.19. The lowest BCUT2D eigenvalue weighted by Gasteiger charge is -2.12. The highest BCUT2D eigenvalue weighted by Gasteiger charge is 2.23. The first-order valence-corrected chi connectivity index (χ1v) is 7.87. The fourth-order valence-electron chi connectivity index (χ4n) is 1.92. The molecule has 110 valence electrons. The van der Waals surface area contributed by atoms with Gasteiger partial charge in [-0.2, -0.15) is 0 Å². The highest BCUT2D eigenvalue weighted by Crippen LogP contribution is 2.18. The number of halogens is 2. The number of hydrogen-bond acceptors (Lipinski definition) is 4. The molecule has 1 fully saturated rings. The Labute approximate surface area is 121 Å². The van der Waals surface area contributed by atoms with Crippen LogP contribution in [0.25, 0.3) is 0 Å². The second-order valence-corrected chi connectivity index (χ2v) is 6.48. The van der Waals surface area contributed by atoms with Crippen molar-refractivity contribution in [3.05, 3.63) is 29.6 Å². The molecular formula is C12H13ClFNO4S. The maximum Gasteiger partial charge on any atom is 0.252 e. The highest BCUT2D eigenvalue weighted by molar-refractivity contribution is 7.89. The van der Waals surface area contributed by atoms with Gasteiger partial charge in [-0.25, -0.2) is 17.5 Å². The molecule has 1 aromatic rings. The van der Waals surface area contributed by atoms with Crippen LogP contribution in [0.4, 0.5) is 4.39 Å². The van der Waals surface area contributed by atoms with Crippen molar-refractivity contribution >= 4 is 26.9 Å². The van der Waals surface area contributed by atoms with Crippen molar-refractivity contribution < 1.29 is 22.3 Å². The second kappa shape index (κ2) is 6.17. The topological polar surface area (TPSA) is 72.5 Å². The van der Waals surface area contributed by atoms with Gasteiger partial charge in [0, 0.05) is 18.7 Å². The number of carbonyl (C=O) groups is 1. The summed E-state index contributed by atoms with van der Waals surface area (Å²) in [5.74, 6) is -0.938. The van der Waals surface area contributed by atoms with E-state index in [1.165, 1.54) is 0 Å². The molecule has 0 saturated carbocycles. The van der Waals surface area contributed by atoms with Gasteiger partial charge in [0.25, 0.3) is 5.24 Å². The number of sulfonamides is 1. The molecule has 5 nitrogen and oxygen atoms in total. The van der Waals surface area contributed by atoms with Crippen molar-refractivity contribution in [2.24, 2.45) is 0 Å². The Morgan fingerprint density at radius 3 is 2.85 bits per heavy atom. The Morgan fingerprint density at radius 2 is 2.25 bits per heavy atom. The van der Waals surface area contributed by atoms with Crippen molar-refractivity contribution in [1.29, 1.82) is 0 Å². The summed E-state index contributed by atoms with van der Waals surface area (Å²) in [7, 11) is -4.05. The first-order chi connectivity index (χ1) is 9.40. The van der Waals surface area contributed by atoms with Gasteiger partial charge >= 0.3 is 0 Å². The number of carbonyl (C=O) groups excluding carboxylic acids is 1. The Bertz CT molecular complexity index is 614. The summed E-state index contributed by atoms with van der Waals surface area (Å²) >= 11 is 5.26. The first kappa shape index (κ1) is 15.4. The average Bonchev–Trinajstić information content (AvgIpc) is 2.89. The van der Waals surface area contributed by atoms with Gasteiger partial charge in [0.15, 0.2) is 0 Å². The lowest BCUT2D eigenvalue weighted by atomic mass is 10.2. The lowest BCUT2D eigenvalue weighted by molar-refractivity contribution is 0.108. The molecule has 1 aliphatic rings. The minimum Gasteiger partial charge on any atom is -0.377 e. The van der Waals surface area contributed by atoms with E-state index < -0.39 is 26.0 Å². The van der Waals surface area contributed by atoms with Crippen LogP contribution >= 0.6 is 11.6 Å². The van der Waals surface area contributed by atoms with Crippen LogP contribution in [0, 0.1) is 5.82 Å². The van der Waals surface area contributed by atoms with E-state index in [-0.39, 0.29) is 18.2 Å². The maximum absolute atomic E-state index is 13.6. The van der Waals surface area contributed by atoms with Crippen molar-refractivity contribution in [3.63, 3.8) is 0 Å². The molecule has 1 aliphatic heterocycles. The van der Waals surface area contributed by atoms with Gasteiger partial charge in [-0.05, 0) is 42.6 Å². The van der Waals surface area contributed by atoms with Crippen LogP contribution in [-0.2, 0) is 14.8 Å². The van der Waals surface area contributed by atoms with Crippen LogP contribution in [0.15, 0.2) is 23.1 Å².